The first-order valence-electron chi connectivity index (χ1n) is 14.3. The molecule has 0 saturated heterocycles. The molecule has 1 aromatic carbocycles. The minimum atomic E-state index is -0.430. The van der Waals surface area contributed by atoms with Crippen molar-refractivity contribution in [1.82, 2.24) is 14.7 Å². The van der Waals surface area contributed by atoms with Gasteiger partial charge in [0.1, 0.15) is 11.6 Å². The monoisotopic (exact) mass is 506 g/mol. The summed E-state index contributed by atoms with van der Waals surface area (Å²) in [6, 6.07) is 12.1. The fourth-order valence-corrected chi connectivity index (χ4v) is 8.77. The van der Waals surface area contributed by atoms with Gasteiger partial charge in [-0.25, -0.2) is 4.68 Å². The molecule has 1 aliphatic heterocycles. The van der Waals surface area contributed by atoms with Crippen LogP contribution < -0.4 is 0 Å². The summed E-state index contributed by atoms with van der Waals surface area (Å²) in [7, 11) is 0. The molecule has 5 saturated carbocycles. The molecule has 5 fully saturated rings. The third-order valence-corrected chi connectivity index (χ3v) is 10.1. The molecule has 8 rings (SSSR count). The highest BCUT2D eigenvalue weighted by atomic mass is 16.2. The molecule has 2 amide bonds. The number of imide groups is 1. The van der Waals surface area contributed by atoms with Gasteiger partial charge in [0.25, 0.3) is 11.8 Å². The van der Waals surface area contributed by atoms with Gasteiger partial charge in [-0.05, 0) is 99.8 Å². The lowest BCUT2D eigenvalue weighted by molar-refractivity contribution is -0.143. The van der Waals surface area contributed by atoms with Crippen LogP contribution in [-0.4, -0.2) is 32.5 Å². The van der Waals surface area contributed by atoms with Gasteiger partial charge in [-0.3, -0.25) is 14.5 Å². The average Bonchev–Trinajstić information content (AvgIpc) is 3.58. The van der Waals surface area contributed by atoms with Gasteiger partial charge >= 0.3 is 0 Å². The first-order valence-corrected chi connectivity index (χ1v) is 14.3. The molecule has 5 aliphatic carbocycles. The van der Waals surface area contributed by atoms with E-state index in [0.717, 1.165) is 60.4 Å². The fourth-order valence-electron chi connectivity index (χ4n) is 8.77. The SMILES string of the molecule is CC1=C(C#N)C(=O)N(C2CCCC2)C(=O)/C1=C/c1cn(-c2ccccc2)nc1C12CC3CC(CC(C3)C1)C2. The van der Waals surface area contributed by atoms with Gasteiger partial charge < -0.3 is 0 Å². The molecular weight excluding hydrogens is 472 g/mol. The van der Waals surface area contributed by atoms with Crippen LogP contribution in [0, 0.1) is 29.1 Å². The fraction of sp³-hybridized carbons (Fsp3) is 0.500. The van der Waals surface area contributed by atoms with E-state index >= 15 is 0 Å². The van der Waals surface area contributed by atoms with Crippen molar-refractivity contribution in [1.29, 1.82) is 5.26 Å². The molecule has 0 atom stereocenters. The van der Waals surface area contributed by atoms with Crippen molar-refractivity contribution in [3.05, 3.63) is 64.5 Å². The Morgan fingerprint density at radius 3 is 2.21 bits per heavy atom. The summed E-state index contributed by atoms with van der Waals surface area (Å²) in [6.07, 6.45) is 15.2. The normalized spacial score (nSPS) is 32.1. The molecule has 0 spiro atoms. The number of nitrogens with zero attached hydrogens (tertiary/aromatic N) is 4. The predicted molar refractivity (Wildman–Crippen MR) is 144 cm³/mol. The van der Waals surface area contributed by atoms with Crippen LogP contribution in [0.1, 0.15) is 82.4 Å². The Bertz CT molecular complexity index is 1380. The minimum Gasteiger partial charge on any atom is -0.271 e. The third kappa shape index (κ3) is 3.62. The number of carbonyl (C=O) groups is 2. The number of hydrogen-bond donors (Lipinski definition) is 0. The summed E-state index contributed by atoms with van der Waals surface area (Å²) in [4.78, 5) is 28.5. The van der Waals surface area contributed by atoms with Crippen LogP contribution in [0.5, 0.6) is 0 Å². The maximum Gasteiger partial charge on any atom is 0.271 e. The number of para-hydroxylation sites is 1. The van der Waals surface area contributed by atoms with Crippen molar-refractivity contribution in [2.75, 3.05) is 0 Å². The Kier molecular flexibility index (Phi) is 5.47. The zero-order valence-electron chi connectivity index (χ0n) is 22.0. The Balaban J connectivity index is 1.38. The zero-order chi connectivity index (χ0) is 26.0. The van der Waals surface area contributed by atoms with E-state index in [0.29, 0.717) is 11.1 Å². The van der Waals surface area contributed by atoms with E-state index in [4.69, 9.17) is 5.10 Å². The van der Waals surface area contributed by atoms with E-state index in [2.05, 4.69) is 24.4 Å². The summed E-state index contributed by atoms with van der Waals surface area (Å²) < 4.78 is 1.96. The van der Waals surface area contributed by atoms with E-state index in [1.807, 2.05) is 29.0 Å². The Hall–Kier alpha value is -3.46. The molecule has 2 aromatic rings. The van der Waals surface area contributed by atoms with Crippen LogP contribution in [0.25, 0.3) is 11.8 Å². The quantitative estimate of drug-likeness (QED) is 0.383. The highest BCUT2D eigenvalue weighted by molar-refractivity contribution is 6.20. The van der Waals surface area contributed by atoms with E-state index in [9.17, 15) is 14.9 Å². The van der Waals surface area contributed by atoms with Crippen LogP contribution in [0.2, 0.25) is 0 Å². The molecule has 0 radical (unpaired) electrons. The Morgan fingerprint density at radius 2 is 1.61 bits per heavy atom. The second-order valence-corrected chi connectivity index (χ2v) is 12.5. The predicted octanol–water partition coefficient (Wildman–Crippen LogP) is 5.87. The molecule has 38 heavy (non-hydrogen) atoms. The van der Waals surface area contributed by atoms with Gasteiger partial charge in [-0.2, -0.15) is 10.4 Å². The van der Waals surface area contributed by atoms with Crippen molar-refractivity contribution in [3.63, 3.8) is 0 Å². The van der Waals surface area contributed by atoms with Crippen molar-refractivity contribution >= 4 is 17.9 Å². The number of nitriles is 1. The number of amides is 2. The van der Waals surface area contributed by atoms with Crippen molar-refractivity contribution < 1.29 is 9.59 Å². The largest absolute Gasteiger partial charge is 0.271 e. The third-order valence-electron chi connectivity index (χ3n) is 10.1. The maximum absolute atomic E-state index is 13.9. The van der Waals surface area contributed by atoms with Crippen molar-refractivity contribution in [3.8, 4) is 11.8 Å². The van der Waals surface area contributed by atoms with Crippen LogP contribution in [-0.2, 0) is 15.0 Å². The van der Waals surface area contributed by atoms with E-state index in [-0.39, 0.29) is 22.9 Å². The minimum absolute atomic E-state index is 0.0372. The highest BCUT2D eigenvalue weighted by Gasteiger charge is 2.53. The van der Waals surface area contributed by atoms with Gasteiger partial charge in [0.2, 0.25) is 0 Å². The Labute approximate surface area is 224 Å². The average molecular weight is 507 g/mol. The number of rotatable bonds is 4. The lowest BCUT2D eigenvalue weighted by Gasteiger charge is -2.56. The standard InChI is InChI=1S/C32H34N4O2/c1-20-27(30(37)36(26-9-5-6-10-26)31(38)28(20)18-33)14-24-19-35(25-7-3-2-4-8-25)34-29(24)32-15-21-11-22(16-32)13-23(12-21)17-32/h2-4,7-8,14,19,21-23,26H,5-6,9-13,15-17H2,1H3/b27-14+. The second-order valence-electron chi connectivity index (χ2n) is 12.5. The molecule has 1 aromatic heterocycles. The summed E-state index contributed by atoms with van der Waals surface area (Å²) in [5.74, 6) is 1.61. The van der Waals surface area contributed by atoms with E-state index in [1.54, 1.807) is 6.92 Å². The lowest BCUT2D eigenvalue weighted by atomic mass is 9.48. The van der Waals surface area contributed by atoms with Gasteiger partial charge in [0.15, 0.2) is 0 Å². The number of aromatic nitrogens is 2. The molecule has 2 heterocycles. The smallest absolute Gasteiger partial charge is 0.271 e. The van der Waals surface area contributed by atoms with E-state index < -0.39 is 5.91 Å². The van der Waals surface area contributed by atoms with Crippen LogP contribution in [0.4, 0.5) is 0 Å². The molecule has 6 aliphatic rings. The van der Waals surface area contributed by atoms with Gasteiger partial charge in [-0.15, -0.1) is 0 Å². The summed E-state index contributed by atoms with van der Waals surface area (Å²) in [6.45, 7) is 1.75. The first-order chi connectivity index (χ1) is 18.5. The molecule has 6 nitrogen and oxygen atoms in total. The molecule has 6 heteroatoms. The van der Waals surface area contributed by atoms with Crippen molar-refractivity contribution in [2.24, 2.45) is 17.8 Å². The van der Waals surface area contributed by atoms with Crippen molar-refractivity contribution in [2.45, 2.75) is 82.6 Å². The summed E-state index contributed by atoms with van der Waals surface area (Å²) in [5, 5.41) is 15.1. The molecule has 4 bridgehead atoms. The molecular formula is C32H34N4O2. The number of carbonyl (C=O) groups excluding carboxylic acids is 2. The van der Waals surface area contributed by atoms with Gasteiger partial charge in [-0.1, -0.05) is 31.0 Å². The molecule has 0 N–H and O–H groups in total. The van der Waals surface area contributed by atoms with Gasteiger partial charge in [0, 0.05) is 28.8 Å². The second kappa shape index (κ2) is 8.80. The maximum atomic E-state index is 13.9. The Morgan fingerprint density at radius 1 is 0.974 bits per heavy atom. The number of benzene rings is 1. The number of hydrogen-bond acceptors (Lipinski definition) is 4. The first kappa shape index (κ1) is 23.6. The van der Waals surface area contributed by atoms with Gasteiger partial charge in [0.05, 0.1) is 11.4 Å². The molecule has 194 valence electrons. The van der Waals surface area contributed by atoms with Crippen LogP contribution >= 0.6 is 0 Å². The van der Waals surface area contributed by atoms with Crippen LogP contribution in [0.3, 0.4) is 0 Å². The summed E-state index contributed by atoms with van der Waals surface area (Å²) in [5.41, 5.74) is 4.12. The zero-order valence-corrected chi connectivity index (χ0v) is 22.0. The highest BCUT2D eigenvalue weighted by Crippen LogP contribution is 2.61. The van der Waals surface area contributed by atoms with E-state index in [1.165, 1.54) is 43.4 Å². The lowest BCUT2D eigenvalue weighted by Crippen LogP contribution is -2.49. The molecule has 0 unspecified atom stereocenters. The van der Waals surface area contributed by atoms with Crippen LogP contribution in [0.15, 0.2) is 53.2 Å². The topological polar surface area (TPSA) is 79.0 Å². The summed E-state index contributed by atoms with van der Waals surface area (Å²) >= 11 is 0.